The maximum Gasteiger partial charge on any atom is 0.284 e. The number of benzene rings is 1. The Labute approximate surface area is 138 Å². The van der Waals surface area contributed by atoms with Crippen LogP contribution >= 0.6 is 15.9 Å². The Morgan fingerprint density at radius 1 is 1.30 bits per heavy atom. The van der Waals surface area contributed by atoms with Crippen LogP contribution in [0.3, 0.4) is 0 Å². The molecule has 2 heterocycles. The summed E-state index contributed by atoms with van der Waals surface area (Å²) in [5, 5.41) is 11.0. The van der Waals surface area contributed by atoms with Crippen LogP contribution in [0.5, 0.6) is 0 Å². The first-order chi connectivity index (χ1) is 10.9. The fraction of sp³-hybridized carbons (Fsp3) is 0.214. The van der Waals surface area contributed by atoms with Gasteiger partial charge in [-0.3, -0.25) is 14.2 Å². The number of alkyl halides is 2. The molecular weight excluding hydrogens is 372 g/mol. The first-order valence-electron chi connectivity index (χ1n) is 6.62. The molecule has 1 amide bonds. The molecule has 3 aromatic rings. The summed E-state index contributed by atoms with van der Waals surface area (Å²) < 4.78 is 29.4. The van der Waals surface area contributed by atoms with Crippen LogP contribution in [-0.2, 0) is 14.1 Å². The lowest BCUT2D eigenvalue weighted by Crippen LogP contribution is -2.17. The van der Waals surface area contributed by atoms with Gasteiger partial charge in [0.15, 0.2) is 5.69 Å². The lowest BCUT2D eigenvalue weighted by molar-refractivity contribution is 0.101. The summed E-state index contributed by atoms with van der Waals surface area (Å²) in [6.07, 6.45) is -1.43. The number of aromatic nitrogens is 4. The number of aryl methyl sites for hydroxylation is 2. The van der Waals surface area contributed by atoms with Gasteiger partial charge in [0.1, 0.15) is 5.69 Å². The second-order valence-electron chi connectivity index (χ2n) is 4.99. The molecule has 0 saturated heterocycles. The van der Waals surface area contributed by atoms with Crippen LogP contribution in [0.1, 0.15) is 22.6 Å². The summed E-state index contributed by atoms with van der Waals surface area (Å²) in [6, 6.07) is 5.31. The Kier molecular flexibility index (Phi) is 3.88. The van der Waals surface area contributed by atoms with Crippen molar-refractivity contribution in [2.24, 2.45) is 14.1 Å². The van der Waals surface area contributed by atoms with Gasteiger partial charge in [0.2, 0.25) is 0 Å². The van der Waals surface area contributed by atoms with Crippen molar-refractivity contribution in [3.63, 3.8) is 0 Å². The van der Waals surface area contributed by atoms with Crippen LogP contribution in [0, 0.1) is 0 Å². The van der Waals surface area contributed by atoms with E-state index in [0.29, 0.717) is 10.9 Å². The van der Waals surface area contributed by atoms with Crippen molar-refractivity contribution in [1.29, 1.82) is 0 Å². The first-order valence-corrected chi connectivity index (χ1v) is 7.41. The average Bonchev–Trinajstić information content (AvgIpc) is 2.97. The van der Waals surface area contributed by atoms with Crippen LogP contribution in [0.2, 0.25) is 0 Å². The zero-order valence-corrected chi connectivity index (χ0v) is 13.8. The van der Waals surface area contributed by atoms with E-state index in [0.717, 1.165) is 4.47 Å². The number of nitrogens with zero attached hydrogens (tertiary/aromatic N) is 4. The number of hydrogen-bond donors (Lipinski definition) is 1. The largest absolute Gasteiger partial charge is 0.318 e. The van der Waals surface area contributed by atoms with Crippen molar-refractivity contribution in [3.8, 4) is 0 Å². The van der Waals surface area contributed by atoms with E-state index in [-0.39, 0.29) is 11.4 Å². The topological polar surface area (TPSA) is 64.7 Å². The van der Waals surface area contributed by atoms with Crippen LogP contribution in [-0.4, -0.2) is 25.5 Å². The molecule has 120 valence electrons. The van der Waals surface area contributed by atoms with E-state index >= 15 is 0 Å². The maximum atomic E-state index is 13.0. The molecule has 0 spiro atoms. The zero-order chi connectivity index (χ0) is 16.7. The molecule has 0 saturated carbocycles. The quantitative estimate of drug-likeness (QED) is 0.754. The molecule has 2 aromatic heterocycles. The van der Waals surface area contributed by atoms with Gasteiger partial charge in [-0.25, -0.2) is 8.78 Å². The van der Waals surface area contributed by atoms with E-state index in [1.807, 2.05) is 0 Å². The third-order valence-electron chi connectivity index (χ3n) is 3.32. The van der Waals surface area contributed by atoms with Gasteiger partial charge in [-0.05, 0) is 18.2 Å². The normalized spacial score (nSPS) is 11.4. The fourth-order valence-corrected chi connectivity index (χ4v) is 2.74. The van der Waals surface area contributed by atoms with Crippen molar-refractivity contribution in [1.82, 2.24) is 19.6 Å². The molecule has 23 heavy (non-hydrogen) atoms. The summed E-state index contributed by atoms with van der Waals surface area (Å²) in [6.45, 7) is 0. The van der Waals surface area contributed by atoms with Gasteiger partial charge in [-0.15, -0.1) is 0 Å². The minimum absolute atomic E-state index is 0.0149. The van der Waals surface area contributed by atoms with E-state index in [9.17, 15) is 13.6 Å². The maximum absolute atomic E-state index is 13.0. The van der Waals surface area contributed by atoms with Crippen molar-refractivity contribution in [2.45, 2.75) is 6.43 Å². The molecule has 0 aliphatic carbocycles. The summed E-state index contributed by atoms with van der Waals surface area (Å²) in [5.74, 6) is -0.521. The SMILES string of the molecule is Cn1cc(NC(=O)c2c3ccc(Br)cc3nn2C)c(C(F)F)n1. The highest BCUT2D eigenvalue weighted by Gasteiger charge is 2.22. The lowest BCUT2D eigenvalue weighted by Gasteiger charge is -2.05. The summed E-state index contributed by atoms with van der Waals surface area (Å²) in [5.41, 5.74) is 0.442. The summed E-state index contributed by atoms with van der Waals surface area (Å²) in [7, 11) is 3.14. The van der Waals surface area contributed by atoms with Gasteiger partial charge in [-0.2, -0.15) is 10.2 Å². The Bertz CT molecular complexity index is 902. The van der Waals surface area contributed by atoms with Crippen molar-refractivity contribution in [3.05, 3.63) is 40.3 Å². The van der Waals surface area contributed by atoms with Crippen LogP contribution < -0.4 is 5.32 Å². The molecule has 1 aromatic carbocycles. The summed E-state index contributed by atoms with van der Waals surface area (Å²) >= 11 is 3.34. The van der Waals surface area contributed by atoms with E-state index in [2.05, 4.69) is 31.4 Å². The number of carbonyl (C=O) groups excluding carboxylic acids is 1. The van der Waals surface area contributed by atoms with E-state index in [1.165, 1.54) is 22.6 Å². The molecule has 6 nitrogen and oxygen atoms in total. The molecule has 0 radical (unpaired) electrons. The first kappa shape index (κ1) is 15.6. The molecular formula is C14H12BrF2N5O. The van der Waals surface area contributed by atoms with Crippen LogP contribution in [0.15, 0.2) is 28.9 Å². The molecule has 0 atom stereocenters. The Morgan fingerprint density at radius 2 is 2.04 bits per heavy atom. The monoisotopic (exact) mass is 383 g/mol. The minimum atomic E-state index is -2.77. The number of nitrogens with one attached hydrogen (secondary N) is 1. The fourth-order valence-electron chi connectivity index (χ4n) is 2.39. The molecule has 0 bridgehead atoms. The van der Waals surface area contributed by atoms with Crippen LogP contribution in [0.4, 0.5) is 14.5 Å². The van der Waals surface area contributed by atoms with Gasteiger partial charge < -0.3 is 5.32 Å². The Balaban J connectivity index is 2.00. The number of carbonyl (C=O) groups is 1. The van der Waals surface area contributed by atoms with Gasteiger partial charge in [-0.1, -0.05) is 15.9 Å². The number of amides is 1. The van der Waals surface area contributed by atoms with Crippen molar-refractivity contribution in [2.75, 3.05) is 5.32 Å². The van der Waals surface area contributed by atoms with E-state index in [1.54, 1.807) is 25.2 Å². The van der Waals surface area contributed by atoms with Gasteiger partial charge in [0, 0.05) is 30.2 Å². The van der Waals surface area contributed by atoms with E-state index < -0.39 is 18.0 Å². The number of rotatable bonds is 3. The van der Waals surface area contributed by atoms with Gasteiger partial charge in [0.05, 0.1) is 11.2 Å². The molecule has 9 heteroatoms. The number of fused-ring (bicyclic) bond motifs is 1. The van der Waals surface area contributed by atoms with Gasteiger partial charge in [0.25, 0.3) is 12.3 Å². The van der Waals surface area contributed by atoms with Crippen LogP contribution in [0.25, 0.3) is 10.9 Å². The second-order valence-corrected chi connectivity index (χ2v) is 5.91. The zero-order valence-electron chi connectivity index (χ0n) is 12.2. The predicted molar refractivity (Wildman–Crippen MR) is 84.5 cm³/mol. The third-order valence-corrected chi connectivity index (χ3v) is 3.82. The summed E-state index contributed by atoms with van der Waals surface area (Å²) in [4.78, 5) is 12.5. The van der Waals surface area contributed by atoms with Crippen molar-refractivity contribution < 1.29 is 13.6 Å². The lowest BCUT2D eigenvalue weighted by atomic mass is 10.2. The molecule has 0 aliphatic rings. The molecule has 0 aliphatic heterocycles. The third kappa shape index (κ3) is 2.83. The Morgan fingerprint density at radius 3 is 2.74 bits per heavy atom. The number of hydrogen-bond acceptors (Lipinski definition) is 3. The standard InChI is InChI=1S/C14H12BrF2N5O/c1-21-6-10(11(20-21)13(16)17)18-14(23)12-8-4-3-7(15)5-9(8)19-22(12)2/h3-6,13H,1-2H3,(H,18,23). The molecule has 3 rings (SSSR count). The number of halogens is 3. The predicted octanol–water partition coefficient (Wildman–Crippen LogP) is 3.26. The molecule has 0 fully saturated rings. The highest BCUT2D eigenvalue weighted by molar-refractivity contribution is 9.10. The molecule has 0 unspecified atom stereocenters. The Hall–Kier alpha value is -2.29. The van der Waals surface area contributed by atoms with Gasteiger partial charge >= 0.3 is 0 Å². The highest BCUT2D eigenvalue weighted by Crippen LogP contribution is 2.27. The van der Waals surface area contributed by atoms with Crippen molar-refractivity contribution >= 4 is 38.4 Å². The number of anilines is 1. The second kappa shape index (κ2) is 5.73. The van der Waals surface area contributed by atoms with E-state index in [4.69, 9.17) is 0 Å². The minimum Gasteiger partial charge on any atom is -0.318 e. The highest BCUT2D eigenvalue weighted by atomic mass is 79.9. The average molecular weight is 384 g/mol. The molecule has 1 N–H and O–H groups in total. The smallest absolute Gasteiger partial charge is 0.284 e.